The van der Waals surface area contributed by atoms with Gasteiger partial charge in [-0.25, -0.2) is 5.01 Å². The normalized spacial score (nSPS) is 20.6. The quantitative estimate of drug-likeness (QED) is 0.718. The Bertz CT molecular complexity index is 931. The molecule has 2 aromatic rings. The first-order chi connectivity index (χ1) is 13.6. The van der Waals surface area contributed by atoms with E-state index in [4.69, 9.17) is 9.47 Å². The average Bonchev–Trinajstić information content (AvgIpc) is 3.27. The molecule has 0 unspecified atom stereocenters. The third-order valence-corrected chi connectivity index (χ3v) is 4.97. The number of likely N-dealkylation sites (tertiary alicyclic amines) is 1. The topological polar surface area (TPSA) is 83.8 Å². The number of rotatable bonds is 6. The van der Waals surface area contributed by atoms with Crippen molar-refractivity contribution in [3.05, 3.63) is 54.1 Å². The largest absolute Gasteiger partial charge is 0.493 e. The van der Waals surface area contributed by atoms with Gasteiger partial charge in [-0.1, -0.05) is 29.5 Å². The smallest absolute Gasteiger partial charge is 0.258 e. The van der Waals surface area contributed by atoms with Crippen LogP contribution in [0.5, 0.6) is 11.5 Å². The van der Waals surface area contributed by atoms with Gasteiger partial charge in [0.05, 0.1) is 19.9 Å². The minimum atomic E-state index is -0.780. The van der Waals surface area contributed by atoms with Crippen LogP contribution < -0.4 is 14.5 Å². The van der Waals surface area contributed by atoms with E-state index in [-0.39, 0.29) is 18.4 Å². The number of amides is 2. The fourth-order valence-electron chi connectivity index (χ4n) is 3.51. The second-order valence-corrected chi connectivity index (χ2v) is 6.54. The van der Waals surface area contributed by atoms with Crippen molar-refractivity contribution in [1.29, 1.82) is 0 Å². The number of methoxy groups -OCH3 is 2. The summed E-state index contributed by atoms with van der Waals surface area (Å²) in [5, 5.41) is 9.62. The van der Waals surface area contributed by atoms with Gasteiger partial charge in [-0.05, 0) is 36.2 Å². The van der Waals surface area contributed by atoms with Crippen LogP contribution in [-0.2, 0) is 16.0 Å². The van der Waals surface area contributed by atoms with Crippen molar-refractivity contribution < 1.29 is 19.1 Å². The minimum absolute atomic E-state index is 0.274. The zero-order valence-electron chi connectivity index (χ0n) is 15.6. The molecule has 2 amide bonds. The molecular formula is C20H20N4O4. The summed E-state index contributed by atoms with van der Waals surface area (Å²) < 4.78 is 10.5. The molecule has 1 fully saturated rings. The molecule has 0 aromatic heterocycles. The highest BCUT2D eigenvalue weighted by Crippen LogP contribution is 2.33. The van der Waals surface area contributed by atoms with Crippen molar-refractivity contribution in [2.24, 2.45) is 10.3 Å². The number of para-hydroxylation sites is 1. The number of hydrogen-bond acceptors (Lipinski definition) is 7. The summed E-state index contributed by atoms with van der Waals surface area (Å²) in [7, 11) is 3.14. The Balaban J connectivity index is 1.49. The molecule has 0 N–H and O–H groups in total. The first kappa shape index (κ1) is 18.0. The number of carbonyl (C=O) groups is 2. The van der Waals surface area contributed by atoms with Crippen molar-refractivity contribution in [2.75, 3.05) is 25.8 Å². The lowest BCUT2D eigenvalue weighted by atomic mass is 10.1. The van der Waals surface area contributed by atoms with Gasteiger partial charge in [0, 0.05) is 6.54 Å². The molecule has 0 spiro atoms. The Morgan fingerprint density at radius 2 is 1.71 bits per heavy atom. The van der Waals surface area contributed by atoms with Crippen molar-refractivity contribution in [2.45, 2.75) is 18.5 Å². The number of anilines is 1. The molecule has 144 valence electrons. The van der Waals surface area contributed by atoms with Crippen LogP contribution in [0.3, 0.4) is 0 Å². The molecule has 0 bridgehead atoms. The molecule has 0 saturated carbocycles. The van der Waals surface area contributed by atoms with Gasteiger partial charge < -0.3 is 9.47 Å². The number of ether oxygens (including phenoxy) is 2. The standard InChI is InChI=1S/C20H20N4O4/c1-27-15-9-8-13(12-16(15)28-2)10-11-23-19(25)17-18(20(23)26)24(22-21-17)14-6-4-3-5-7-14/h3-9,12,17-18H,10-11H2,1-2H3/t17-,18-/m1/s1. The molecule has 2 heterocycles. The van der Waals surface area contributed by atoms with Gasteiger partial charge in [0.1, 0.15) is 0 Å². The molecule has 2 aromatic carbocycles. The molecule has 1 saturated heterocycles. The van der Waals surface area contributed by atoms with Gasteiger partial charge >= 0.3 is 0 Å². The van der Waals surface area contributed by atoms with Gasteiger partial charge in [-0.15, -0.1) is 0 Å². The molecule has 4 rings (SSSR count). The highest BCUT2D eigenvalue weighted by Gasteiger charge is 2.54. The average molecular weight is 380 g/mol. The lowest BCUT2D eigenvalue weighted by Crippen LogP contribution is -2.40. The zero-order chi connectivity index (χ0) is 19.7. The highest BCUT2D eigenvalue weighted by atomic mass is 16.5. The summed E-state index contributed by atoms with van der Waals surface area (Å²) in [5.74, 6) is 0.662. The summed E-state index contributed by atoms with van der Waals surface area (Å²) in [6, 6.07) is 13.3. The summed E-state index contributed by atoms with van der Waals surface area (Å²) in [5.41, 5.74) is 1.68. The molecule has 8 nitrogen and oxygen atoms in total. The first-order valence-electron chi connectivity index (χ1n) is 8.95. The number of imide groups is 1. The third kappa shape index (κ3) is 2.96. The van der Waals surface area contributed by atoms with Crippen LogP contribution in [0.25, 0.3) is 0 Å². The summed E-state index contributed by atoms with van der Waals surface area (Å²) >= 11 is 0. The van der Waals surface area contributed by atoms with E-state index in [0.29, 0.717) is 17.9 Å². The third-order valence-electron chi connectivity index (χ3n) is 4.97. The van der Waals surface area contributed by atoms with Crippen LogP contribution in [-0.4, -0.2) is 49.6 Å². The van der Waals surface area contributed by atoms with Gasteiger partial charge in [0.2, 0.25) is 0 Å². The first-order valence-corrected chi connectivity index (χ1v) is 8.95. The second-order valence-electron chi connectivity index (χ2n) is 6.54. The van der Waals surface area contributed by atoms with Crippen molar-refractivity contribution in [1.82, 2.24) is 4.90 Å². The van der Waals surface area contributed by atoms with E-state index in [1.807, 2.05) is 48.5 Å². The lowest BCUT2D eigenvalue weighted by Gasteiger charge is -2.20. The van der Waals surface area contributed by atoms with Crippen LogP contribution in [0.1, 0.15) is 5.56 Å². The molecule has 28 heavy (non-hydrogen) atoms. The number of nitrogens with zero attached hydrogens (tertiary/aromatic N) is 4. The molecule has 2 atom stereocenters. The van der Waals surface area contributed by atoms with E-state index in [0.717, 1.165) is 11.3 Å². The molecule has 0 radical (unpaired) electrons. The van der Waals surface area contributed by atoms with E-state index in [9.17, 15) is 9.59 Å². The number of carbonyl (C=O) groups excluding carboxylic acids is 2. The summed E-state index contributed by atoms with van der Waals surface area (Å²) in [6.45, 7) is 0.276. The van der Waals surface area contributed by atoms with Gasteiger partial charge in [0.25, 0.3) is 11.8 Å². The minimum Gasteiger partial charge on any atom is -0.493 e. The SMILES string of the molecule is COc1ccc(CCN2C(=O)[C@@H]3N=NN(c4ccccc4)[C@H]3C2=O)cc1OC. The molecule has 0 aliphatic carbocycles. The molecular weight excluding hydrogens is 360 g/mol. The predicted octanol–water partition coefficient (Wildman–Crippen LogP) is 2.24. The number of benzene rings is 2. The Hall–Kier alpha value is -3.42. The highest BCUT2D eigenvalue weighted by molar-refractivity contribution is 6.11. The van der Waals surface area contributed by atoms with E-state index < -0.39 is 12.1 Å². The second kappa shape index (κ2) is 7.30. The van der Waals surface area contributed by atoms with E-state index in [2.05, 4.69) is 10.3 Å². The van der Waals surface area contributed by atoms with Crippen LogP contribution in [0.4, 0.5) is 5.69 Å². The van der Waals surface area contributed by atoms with E-state index in [1.54, 1.807) is 14.2 Å². The van der Waals surface area contributed by atoms with E-state index >= 15 is 0 Å². The Morgan fingerprint density at radius 3 is 2.43 bits per heavy atom. The molecule has 8 heteroatoms. The maximum atomic E-state index is 12.9. The molecule has 2 aliphatic rings. The van der Waals surface area contributed by atoms with Crippen LogP contribution in [0.15, 0.2) is 58.9 Å². The van der Waals surface area contributed by atoms with Crippen molar-refractivity contribution in [3.8, 4) is 11.5 Å². The Morgan fingerprint density at radius 1 is 0.964 bits per heavy atom. The lowest BCUT2D eigenvalue weighted by molar-refractivity contribution is -0.139. The van der Waals surface area contributed by atoms with Crippen LogP contribution >= 0.6 is 0 Å². The number of hydrogen-bond donors (Lipinski definition) is 0. The van der Waals surface area contributed by atoms with Gasteiger partial charge in [-0.2, -0.15) is 5.11 Å². The zero-order valence-corrected chi connectivity index (χ0v) is 15.6. The molecule has 2 aliphatic heterocycles. The maximum Gasteiger partial charge on any atom is 0.258 e. The van der Waals surface area contributed by atoms with Crippen molar-refractivity contribution >= 4 is 17.5 Å². The fraction of sp³-hybridized carbons (Fsp3) is 0.300. The van der Waals surface area contributed by atoms with Crippen LogP contribution in [0.2, 0.25) is 0 Å². The summed E-state index contributed by atoms with van der Waals surface area (Å²) in [4.78, 5) is 26.9. The van der Waals surface area contributed by atoms with Gasteiger partial charge in [-0.3, -0.25) is 14.5 Å². The van der Waals surface area contributed by atoms with Crippen molar-refractivity contribution in [3.63, 3.8) is 0 Å². The predicted molar refractivity (Wildman–Crippen MR) is 101 cm³/mol. The van der Waals surface area contributed by atoms with Crippen LogP contribution in [0, 0.1) is 0 Å². The Labute approximate surface area is 162 Å². The fourth-order valence-corrected chi connectivity index (χ4v) is 3.51. The maximum absolute atomic E-state index is 12.9. The summed E-state index contributed by atoms with van der Waals surface area (Å²) in [6.07, 6.45) is 0.514. The van der Waals surface area contributed by atoms with E-state index in [1.165, 1.54) is 9.91 Å². The monoisotopic (exact) mass is 380 g/mol. The van der Waals surface area contributed by atoms with Gasteiger partial charge in [0.15, 0.2) is 23.6 Å². The number of fused-ring (bicyclic) bond motifs is 1. The Kier molecular flexibility index (Phi) is 4.68.